The highest BCUT2D eigenvalue weighted by molar-refractivity contribution is 6.33. The third-order valence-electron chi connectivity index (χ3n) is 4.24. The maximum Gasteiger partial charge on any atom is 0.241 e. The molecule has 0 saturated carbocycles. The van der Waals surface area contributed by atoms with E-state index in [0.717, 1.165) is 17.7 Å². The van der Waals surface area contributed by atoms with E-state index in [0.29, 0.717) is 10.7 Å². The molecule has 138 valence electrons. The van der Waals surface area contributed by atoms with Gasteiger partial charge in [0.15, 0.2) is 0 Å². The van der Waals surface area contributed by atoms with E-state index in [9.17, 15) is 9.59 Å². The van der Waals surface area contributed by atoms with Gasteiger partial charge in [-0.1, -0.05) is 48.9 Å². The Bertz CT molecular complexity index is 779. The van der Waals surface area contributed by atoms with Gasteiger partial charge in [-0.15, -0.1) is 0 Å². The van der Waals surface area contributed by atoms with Gasteiger partial charge in [0.25, 0.3) is 0 Å². The van der Waals surface area contributed by atoms with E-state index in [1.54, 1.807) is 43.1 Å². The number of nitrogens with one attached hydrogen (secondary N) is 2. The number of carbonyl (C=O) groups is 2. The first-order valence-electron chi connectivity index (χ1n) is 8.55. The monoisotopic (exact) mass is 373 g/mol. The average Bonchev–Trinajstić information content (AvgIpc) is 2.63. The van der Waals surface area contributed by atoms with Crippen molar-refractivity contribution in [1.29, 1.82) is 0 Å². The summed E-state index contributed by atoms with van der Waals surface area (Å²) in [6, 6.07) is 14.3. The second kappa shape index (κ2) is 9.36. The van der Waals surface area contributed by atoms with Gasteiger partial charge in [-0.3, -0.25) is 14.5 Å². The standard InChI is InChI=1S/C20H24ClN3O2/c1-4-15-9-5-7-11-17(15)22-19(25)13-24(3)14(2)20(26)23-18-12-8-6-10-16(18)21/h5-12,14H,4,13H2,1-3H3,(H,22,25)(H,23,26). The first-order chi connectivity index (χ1) is 12.4. The van der Waals surface area contributed by atoms with E-state index >= 15 is 0 Å². The van der Waals surface area contributed by atoms with Crippen LogP contribution in [0.3, 0.4) is 0 Å². The van der Waals surface area contributed by atoms with Gasteiger partial charge in [-0.05, 0) is 44.2 Å². The highest BCUT2D eigenvalue weighted by atomic mass is 35.5. The van der Waals surface area contributed by atoms with Gasteiger partial charge in [0.05, 0.1) is 23.3 Å². The first-order valence-corrected chi connectivity index (χ1v) is 8.93. The van der Waals surface area contributed by atoms with E-state index in [1.165, 1.54) is 0 Å². The maximum atomic E-state index is 12.4. The van der Waals surface area contributed by atoms with Crippen LogP contribution in [0.2, 0.25) is 5.02 Å². The molecule has 2 aromatic carbocycles. The molecular weight excluding hydrogens is 350 g/mol. The number of amides is 2. The number of rotatable bonds is 7. The molecular formula is C20H24ClN3O2. The van der Waals surface area contributed by atoms with Crippen LogP contribution in [-0.4, -0.2) is 36.3 Å². The van der Waals surface area contributed by atoms with Gasteiger partial charge < -0.3 is 10.6 Å². The maximum absolute atomic E-state index is 12.4. The zero-order chi connectivity index (χ0) is 19.1. The van der Waals surface area contributed by atoms with E-state index in [-0.39, 0.29) is 18.4 Å². The van der Waals surface area contributed by atoms with Crippen LogP contribution in [0.25, 0.3) is 0 Å². The molecule has 0 radical (unpaired) electrons. The number of benzene rings is 2. The number of para-hydroxylation sites is 2. The molecule has 2 rings (SSSR count). The van der Waals surface area contributed by atoms with Gasteiger partial charge in [0.2, 0.25) is 11.8 Å². The lowest BCUT2D eigenvalue weighted by molar-refractivity contribution is -0.122. The molecule has 0 heterocycles. The molecule has 0 aliphatic rings. The summed E-state index contributed by atoms with van der Waals surface area (Å²) in [6.07, 6.45) is 0.836. The molecule has 1 unspecified atom stereocenters. The SMILES string of the molecule is CCc1ccccc1NC(=O)CN(C)C(C)C(=O)Nc1ccccc1Cl. The Balaban J connectivity index is 1.93. The second-order valence-corrected chi connectivity index (χ2v) is 6.53. The summed E-state index contributed by atoms with van der Waals surface area (Å²) in [6.45, 7) is 3.90. The van der Waals surface area contributed by atoms with Crippen molar-refractivity contribution < 1.29 is 9.59 Å². The molecule has 0 spiro atoms. The van der Waals surface area contributed by atoms with Gasteiger partial charge in [-0.2, -0.15) is 0 Å². The first kappa shape index (κ1) is 19.9. The Labute approximate surface area is 159 Å². The molecule has 5 nitrogen and oxygen atoms in total. The van der Waals surface area contributed by atoms with Crippen LogP contribution in [-0.2, 0) is 16.0 Å². The zero-order valence-corrected chi connectivity index (χ0v) is 16.0. The van der Waals surface area contributed by atoms with Crippen LogP contribution in [0.5, 0.6) is 0 Å². The Morgan fingerprint density at radius 3 is 2.31 bits per heavy atom. The number of hydrogen-bond donors (Lipinski definition) is 2. The Hall–Kier alpha value is -2.37. The summed E-state index contributed by atoms with van der Waals surface area (Å²) in [5.41, 5.74) is 2.44. The largest absolute Gasteiger partial charge is 0.325 e. The zero-order valence-electron chi connectivity index (χ0n) is 15.3. The molecule has 1 atom stereocenters. The summed E-state index contributed by atoms with van der Waals surface area (Å²) in [4.78, 5) is 26.4. The van der Waals surface area contributed by atoms with Crippen LogP contribution in [0.4, 0.5) is 11.4 Å². The summed E-state index contributed by atoms with van der Waals surface area (Å²) < 4.78 is 0. The van der Waals surface area contributed by atoms with E-state index in [4.69, 9.17) is 11.6 Å². The van der Waals surface area contributed by atoms with Crippen molar-refractivity contribution in [3.8, 4) is 0 Å². The van der Waals surface area contributed by atoms with Gasteiger partial charge in [-0.25, -0.2) is 0 Å². The fraction of sp³-hybridized carbons (Fsp3) is 0.300. The number of likely N-dealkylation sites (N-methyl/N-ethyl adjacent to an activating group) is 1. The van der Waals surface area contributed by atoms with E-state index in [1.807, 2.05) is 31.2 Å². The van der Waals surface area contributed by atoms with Crippen molar-refractivity contribution in [2.24, 2.45) is 0 Å². The number of nitrogens with zero attached hydrogens (tertiary/aromatic N) is 1. The Kier molecular flexibility index (Phi) is 7.18. The predicted octanol–water partition coefficient (Wildman–Crippen LogP) is 3.80. The normalized spacial score (nSPS) is 11.9. The molecule has 0 aromatic heterocycles. The van der Waals surface area contributed by atoms with Crippen molar-refractivity contribution in [2.75, 3.05) is 24.2 Å². The second-order valence-electron chi connectivity index (χ2n) is 6.12. The molecule has 0 aliphatic carbocycles. The lowest BCUT2D eigenvalue weighted by Gasteiger charge is -2.23. The van der Waals surface area contributed by atoms with Crippen LogP contribution < -0.4 is 10.6 Å². The molecule has 2 N–H and O–H groups in total. The van der Waals surface area contributed by atoms with Gasteiger partial charge in [0, 0.05) is 5.69 Å². The molecule has 6 heteroatoms. The van der Waals surface area contributed by atoms with Crippen molar-refractivity contribution in [3.63, 3.8) is 0 Å². The summed E-state index contributed by atoms with van der Waals surface area (Å²) in [5, 5.41) is 6.18. The minimum atomic E-state index is -0.488. The topological polar surface area (TPSA) is 61.4 Å². The van der Waals surface area contributed by atoms with Crippen molar-refractivity contribution in [1.82, 2.24) is 4.90 Å². The molecule has 0 saturated heterocycles. The Morgan fingerprint density at radius 2 is 1.65 bits per heavy atom. The number of halogens is 1. The number of aryl methyl sites for hydroxylation is 1. The van der Waals surface area contributed by atoms with Crippen LogP contribution in [0.15, 0.2) is 48.5 Å². The molecule has 2 amide bonds. The molecule has 26 heavy (non-hydrogen) atoms. The predicted molar refractivity (Wildman–Crippen MR) is 107 cm³/mol. The molecule has 0 fully saturated rings. The molecule has 0 bridgehead atoms. The third-order valence-corrected chi connectivity index (χ3v) is 4.57. The van der Waals surface area contributed by atoms with Crippen LogP contribution >= 0.6 is 11.6 Å². The summed E-state index contributed by atoms with van der Waals surface area (Å²) in [7, 11) is 1.74. The van der Waals surface area contributed by atoms with Crippen LogP contribution in [0, 0.1) is 0 Å². The van der Waals surface area contributed by atoms with Gasteiger partial charge >= 0.3 is 0 Å². The van der Waals surface area contributed by atoms with Gasteiger partial charge in [0.1, 0.15) is 0 Å². The number of hydrogen-bond acceptors (Lipinski definition) is 3. The smallest absolute Gasteiger partial charge is 0.241 e. The van der Waals surface area contributed by atoms with Crippen molar-refractivity contribution in [2.45, 2.75) is 26.3 Å². The average molecular weight is 374 g/mol. The Morgan fingerprint density at radius 1 is 1.04 bits per heavy atom. The highest BCUT2D eigenvalue weighted by Crippen LogP contribution is 2.21. The van der Waals surface area contributed by atoms with Crippen molar-refractivity contribution in [3.05, 3.63) is 59.1 Å². The van der Waals surface area contributed by atoms with E-state index < -0.39 is 6.04 Å². The third kappa shape index (κ3) is 5.31. The molecule has 0 aliphatic heterocycles. The van der Waals surface area contributed by atoms with Crippen LogP contribution in [0.1, 0.15) is 19.4 Å². The van der Waals surface area contributed by atoms with Crippen molar-refractivity contribution >= 4 is 34.8 Å². The number of anilines is 2. The lowest BCUT2D eigenvalue weighted by atomic mass is 10.1. The lowest BCUT2D eigenvalue weighted by Crippen LogP contribution is -2.43. The highest BCUT2D eigenvalue weighted by Gasteiger charge is 2.21. The minimum absolute atomic E-state index is 0.106. The minimum Gasteiger partial charge on any atom is -0.325 e. The summed E-state index contributed by atoms with van der Waals surface area (Å²) >= 11 is 6.06. The quantitative estimate of drug-likeness (QED) is 0.776. The fourth-order valence-electron chi connectivity index (χ4n) is 2.50. The number of carbonyl (C=O) groups excluding carboxylic acids is 2. The molecule has 2 aromatic rings. The summed E-state index contributed by atoms with van der Waals surface area (Å²) in [5.74, 6) is -0.381. The van der Waals surface area contributed by atoms with E-state index in [2.05, 4.69) is 10.6 Å². The fourth-order valence-corrected chi connectivity index (χ4v) is 2.69.